The summed E-state index contributed by atoms with van der Waals surface area (Å²) in [6, 6.07) is 17.9. The number of aromatic amines is 1. The molecular formula is C25H20N4O3. The lowest BCUT2D eigenvalue weighted by atomic mass is 9.94. The Morgan fingerprint density at radius 2 is 1.88 bits per heavy atom. The average molecular weight is 424 g/mol. The molecule has 158 valence electrons. The van der Waals surface area contributed by atoms with Crippen molar-refractivity contribution < 1.29 is 9.59 Å². The third-order valence-electron chi connectivity index (χ3n) is 5.73. The summed E-state index contributed by atoms with van der Waals surface area (Å²) < 4.78 is 0. The zero-order valence-corrected chi connectivity index (χ0v) is 17.2. The Morgan fingerprint density at radius 1 is 1.00 bits per heavy atom. The van der Waals surface area contributed by atoms with Crippen LogP contribution in [0, 0.1) is 0 Å². The van der Waals surface area contributed by atoms with Gasteiger partial charge in [0.2, 0.25) is 5.56 Å². The Kier molecular flexibility index (Phi) is 4.99. The fourth-order valence-corrected chi connectivity index (χ4v) is 4.10. The van der Waals surface area contributed by atoms with Crippen LogP contribution in [0.5, 0.6) is 0 Å². The smallest absolute Gasteiger partial charge is 0.256 e. The van der Waals surface area contributed by atoms with Crippen LogP contribution in [-0.4, -0.2) is 33.2 Å². The minimum atomic E-state index is -0.256. The second-order valence-electron chi connectivity index (χ2n) is 7.69. The van der Waals surface area contributed by atoms with Crippen molar-refractivity contribution in [1.29, 1.82) is 0 Å². The highest BCUT2D eigenvalue weighted by Gasteiger charge is 2.25. The molecule has 0 atom stereocenters. The summed E-state index contributed by atoms with van der Waals surface area (Å²) in [5.74, 6) is -0.404. The van der Waals surface area contributed by atoms with Crippen LogP contribution in [0.3, 0.4) is 0 Å². The number of anilines is 1. The van der Waals surface area contributed by atoms with Gasteiger partial charge < -0.3 is 15.2 Å². The SMILES string of the molecule is O=C(Nc1cccc2ncccc12)c1cccc2c1CN(C(=O)c1ccc(=O)[nH]c1)CC2. The van der Waals surface area contributed by atoms with Gasteiger partial charge in [-0.3, -0.25) is 19.4 Å². The molecule has 0 saturated carbocycles. The number of H-pyrrole nitrogens is 1. The van der Waals surface area contributed by atoms with Crippen LogP contribution in [0.4, 0.5) is 5.69 Å². The number of benzene rings is 2. The van der Waals surface area contributed by atoms with Gasteiger partial charge in [0.15, 0.2) is 0 Å². The van der Waals surface area contributed by atoms with Crippen molar-refractivity contribution >= 4 is 28.4 Å². The predicted molar refractivity (Wildman–Crippen MR) is 122 cm³/mol. The molecule has 32 heavy (non-hydrogen) atoms. The van der Waals surface area contributed by atoms with Crippen molar-refractivity contribution in [1.82, 2.24) is 14.9 Å². The van der Waals surface area contributed by atoms with E-state index in [-0.39, 0.29) is 17.4 Å². The van der Waals surface area contributed by atoms with Crippen LogP contribution in [-0.2, 0) is 13.0 Å². The number of carbonyl (C=O) groups excluding carboxylic acids is 2. The summed E-state index contributed by atoms with van der Waals surface area (Å²) >= 11 is 0. The van der Waals surface area contributed by atoms with Gasteiger partial charge in [-0.1, -0.05) is 18.2 Å². The van der Waals surface area contributed by atoms with Crippen molar-refractivity contribution in [2.24, 2.45) is 0 Å². The van der Waals surface area contributed by atoms with E-state index in [1.165, 1.54) is 18.3 Å². The van der Waals surface area contributed by atoms with Gasteiger partial charge in [-0.15, -0.1) is 0 Å². The van der Waals surface area contributed by atoms with Gasteiger partial charge in [0.25, 0.3) is 11.8 Å². The monoisotopic (exact) mass is 424 g/mol. The van der Waals surface area contributed by atoms with E-state index >= 15 is 0 Å². The Bertz CT molecular complexity index is 1380. The number of fused-ring (bicyclic) bond motifs is 2. The van der Waals surface area contributed by atoms with Crippen molar-refractivity contribution in [3.8, 4) is 0 Å². The highest BCUT2D eigenvalue weighted by molar-refractivity contribution is 6.09. The summed E-state index contributed by atoms with van der Waals surface area (Å²) in [7, 11) is 0. The van der Waals surface area contributed by atoms with E-state index in [2.05, 4.69) is 15.3 Å². The fourth-order valence-electron chi connectivity index (χ4n) is 4.10. The van der Waals surface area contributed by atoms with Crippen LogP contribution in [0.15, 0.2) is 77.9 Å². The van der Waals surface area contributed by atoms with E-state index < -0.39 is 0 Å². The second kappa shape index (κ2) is 8.11. The Morgan fingerprint density at radius 3 is 2.72 bits per heavy atom. The molecule has 3 heterocycles. The number of rotatable bonds is 3. The first-order valence-corrected chi connectivity index (χ1v) is 10.3. The molecule has 0 saturated heterocycles. The van der Waals surface area contributed by atoms with Crippen molar-refractivity contribution in [3.05, 3.63) is 106 Å². The third-order valence-corrected chi connectivity index (χ3v) is 5.73. The van der Waals surface area contributed by atoms with Crippen molar-refractivity contribution in [2.45, 2.75) is 13.0 Å². The molecule has 2 N–H and O–H groups in total. The van der Waals surface area contributed by atoms with Gasteiger partial charge in [-0.25, -0.2) is 0 Å². The van der Waals surface area contributed by atoms with Crippen LogP contribution in [0.25, 0.3) is 10.9 Å². The van der Waals surface area contributed by atoms with Crippen molar-refractivity contribution in [2.75, 3.05) is 11.9 Å². The van der Waals surface area contributed by atoms with Gasteiger partial charge in [-0.05, 0) is 53.9 Å². The van der Waals surface area contributed by atoms with Gasteiger partial charge in [-0.2, -0.15) is 0 Å². The second-order valence-corrected chi connectivity index (χ2v) is 7.69. The molecule has 1 aliphatic rings. The molecule has 2 aromatic carbocycles. The minimum absolute atomic E-state index is 0.178. The number of nitrogens with zero attached hydrogens (tertiary/aromatic N) is 2. The molecule has 0 radical (unpaired) electrons. The van der Waals surface area contributed by atoms with E-state index in [1.54, 1.807) is 17.2 Å². The number of aromatic nitrogens is 2. The van der Waals surface area contributed by atoms with Crippen LogP contribution < -0.4 is 10.9 Å². The molecule has 0 aliphatic carbocycles. The normalized spacial score (nSPS) is 12.9. The fraction of sp³-hybridized carbons (Fsp3) is 0.120. The largest absolute Gasteiger partial charge is 0.334 e. The quantitative estimate of drug-likeness (QED) is 0.527. The first kappa shape index (κ1) is 19.7. The lowest BCUT2D eigenvalue weighted by molar-refractivity contribution is 0.0732. The van der Waals surface area contributed by atoms with Crippen LogP contribution in [0.1, 0.15) is 31.8 Å². The first-order valence-electron chi connectivity index (χ1n) is 10.3. The number of nitrogens with one attached hydrogen (secondary N) is 2. The van der Waals surface area contributed by atoms with Gasteiger partial charge >= 0.3 is 0 Å². The van der Waals surface area contributed by atoms with Gasteiger partial charge in [0, 0.05) is 42.5 Å². The molecular weight excluding hydrogens is 404 g/mol. The lowest BCUT2D eigenvalue weighted by Gasteiger charge is -2.30. The molecule has 0 fully saturated rings. The summed E-state index contributed by atoms with van der Waals surface area (Å²) in [6.45, 7) is 0.874. The predicted octanol–water partition coefficient (Wildman–Crippen LogP) is 3.37. The molecule has 7 nitrogen and oxygen atoms in total. The van der Waals surface area contributed by atoms with Gasteiger partial charge in [0.1, 0.15) is 0 Å². The van der Waals surface area contributed by atoms with Crippen LogP contribution >= 0.6 is 0 Å². The highest BCUT2D eigenvalue weighted by atomic mass is 16.2. The summed E-state index contributed by atoms with van der Waals surface area (Å²) in [5, 5.41) is 3.88. The number of hydrogen-bond donors (Lipinski definition) is 2. The topological polar surface area (TPSA) is 95.2 Å². The maximum Gasteiger partial charge on any atom is 0.256 e. The summed E-state index contributed by atoms with van der Waals surface area (Å²) in [4.78, 5) is 46.1. The minimum Gasteiger partial charge on any atom is -0.334 e. The third kappa shape index (κ3) is 3.65. The van der Waals surface area contributed by atoms with E-state index in [4.69, 9.17) is 0 Å². The van der Waals surface area contributed by atoms with E-state index in [1.807, 2.05) is 42.5 Å². The van der Waals surface area contributed by atoms with Crippen molar-refractivity contribution in [3.63, 3.8) is 0 Å². The standard InChI is InChI=1S/C25H20N4O3/c30-23-10-9-17(14-27-23)25(32)29-13-11-16-4-1-5-18(20(16)15-29)24(31)28-22-8-2-7-21-19(22)6-3-12-26-21/h1-10,12,14H,11,13,15H2,(H,27,30)(H,28,31). The molecule has 2 aromatic heterocycles. The van der Waals surface area contributed by atoms with E-state index in [9.17, 15) is 14.4 Å². The Labute approximate surface area is 183 Å². The summed E-state index contributed by atoms with van der Waals surface area (Å²) in [6.07, 6.45) is 3.80. The number of pyridine rings is 2. The number of hydrogen-bond acceptors (Lipinski definition) is 4. The Hall–Kier alpha value is -4.26. The zero-order valence-electron chi connectivity index (χ0n) is 17.2. The molecule has 4 aromatic rings. The highest BCUT2D eigenvalue weighted by Crippen LogP contribution is 2.26. The molecule has 0 unspecified atom stereocenters. The molecule has 2 amide bonds. The summed E-state index contributed by atoms with van der Waals surface area (Å²) in [5.41, 5.74) is 4.09. The van der Waals surface area contributed by atoms with E-state index in [0.717, 1.165) is 22.0 Å². The molecule has 7 heteroatoms. The maximum atomic E-state index is 13.2. The average Bonchev–Trinajstić information content (AvgIpc) is 2.83. The van der Waals surface area contributed by atoms with Gasteiger partial charge in [0.05, 0.1) is 16.8 Å². The zero-order chi connectivity index (χ0) is 22.1. The molecule has 0 spiro atoms. The number of carbonyl (C=O) groups is 2. The maximum absolute atomic E-state index is 13.2. The first-order chi connectivity index (χ1) is 15.6. The Balaban J connectivity index is 1.43. The van der Waals surface area contributed by atoms with Crippen LogP contribution in [0.2, 0.25) is 0 Å². The number of amides is 2. The molecule has 5 rings (SSSR count). The molecule has 1 aliphatic heterocycles. The lowest BCUT2D eigenvalue weighted by Crippen LogP contribution is -2.37. The van der Waals surface area contributed by atoms with E-state index in [0.29, 0.717) is 36.3 Å². The molecule has 0 bridgehead atoms.